The van der Waals surface area contributed by atoms with Crippen molar-refractivity contribution in [1.29, 1.82) is 0 Å². The molecule has 2 rings (SSSR count). The molecule has 1 aliphatic heterocycles. The molecular weight excluding hydrogens is 302 g/mol. The summed E-state index contributed by atoms with van der Waals surface area (Å²) in [5.41, 5.74) is 0.749. The first-order chi connectivity index (χ1) is 9.31. The molecule has 0 aromatic heterocycles. The van der Waals surface area contributed by atoms with Crippen molar-refractivity contribution in [3.8, 4) is 0 Å². The van der Waals surface area contributed by atoms with Gasteiger partial charge in [0, 0.05) is 13.2 Å². The number of nitrogens with one attached hydrogen (secondary N) is 1. The molecule has 0 unspecified atom stereocenters. The average molecular weight is 314 g/mol. The Morgan fingerprint density at radius 2 is 2.00 bits per heavy atom. The van der Waals surface area contributed by atoms with E-state index in [2.05, 4.69) is 9.71 Å². The number of rotatable bonds is 2. The van der Waals surface area contributed by atoms with E-state index in [9.17, 15) is 13.2 Å². The van der Waals surface area contributed by atoms with Crippen molar-refractivity contribution in [2.75, 3.05) is 12.4 Å². The molecule has 0 aliphatic carbocycles. The minimum atomic E-state index is -3.72. The van der Waals surface area contributed by atoms with Gasteiger partial charge in [-0.2, -0.15) is 8.42 Å². The minimum absolute atomic E-state index is 0.132. The highest BCUT2D eigenvalue weighted by Crippen LogP contribution is 2.22. The van der Waals surface area contributed by atoms with Crippen LogP contribution in [-0.2, 0) is 15.0 Å². The molecule has 1 N–H and O–H groups in total. The van der Waals surface area contributed by atoms with Crippen LogP contribution >= 0.6 is 11.6 Å². The second-order valence-electron chi connectivity index (χ2n) is 4.15. The fourth-order valence-electron chi connectivity index (χ4n) is 1.60. The summed E-state index contributed by atoms with van der Waals surface area (Å²) in [4.78, 5) is 12.1. The third-order valence-corrected chi connectivity index (χ3v) is 4.35. The standard InChI is InChI=1S/C12H12ClN3O3S/c1-8-9(7-16(2)20(18,19)15-8)12(17)14-11-6-4-3-5-10(11)13/h3-7H,1-2H3,(H,14,17). The number of carbonyl (C=O) groups excluding carboxylic acids is 1. The molecule has 0 radical (unpaired) electrons. The summed E-state index contributed by atoms with van der Waals surface area (Å²) in [6.07, 6.45) is 1.23. The zero-order valence-electron chi connectivity index (χ0n) is 10.8. The molecule has 0 bridgehead atoms. The molecule has 0 saturated carbocycles. The number of halogens is 1. The van der Waals surface area contributed by atoms with Crippen molar-refractivity contribution in [3.63, 3.8) is 0 Å². The number of nitrogens with zero attached hydrogens (tertiary/aromatic N) is 2. The molecule has 1 aliphatic rings. The van der Waals surface area contributed by atoms with Crippen molar-refractivity contribution >= 4 is 39.1 Å². The lowest BCUT2D eigenvalue weighted by molar-refractivity contribution is -0.112. The van der Waals surface area contributed by atoms with Crippen LogP contribution in [0.1, 0.15) is 6.92 Å². The highest BCUT2D eigenvalue weighted by molar-refractivity contribution is 7.88. The van der Waals surface area contributed by atoms with Gasteiger partial charge in [-0.1, -0.05) is 23.7 Å². The summed E-state index contributed by atoms with van der Waals surface area (Å²) in [6.45, 7) is 1.46. The normalized spacial score (nSPS) is 17.2. The van der Waals surface area contributed by atoms with E-state index in [1.807, 2.05) is 0 Å². The largest absolute Gasteiger partial charge is 0.344 e. The Bertz CT molecular complexity index is 725. The Balaban J connectivity index is 2.27. The number of para-hydroxylation sites is 1. The number of anilines is 1. The van der Waals surface area contributed by atoms with Gasteiger partial charge in [0.05, 0.1) is 22.0 Å². The predicted octanol–water partition coefficient (Wildman–Crippen LogP) is 1.81. The molecule has 0 saturated heterocycles. The van der Waals surface area contributed by atoms with Gasteiger partial charge >= 0.3 is 10.2 Å². The summed E-state index contributed by atoms with van der Waals surface area (Å²) in [5, 5.41) is 3.01. The molecule has 20 heavy (non-hydrogen) atoms. The second-order valence-corrected chi connectivity index (χ2v) is 6.21. The molecule has 106 valence electrons. The number of benzene rings is 1. The van der Waals surface area contributed by atoms with Crippen LogP contribution in [0.2, 0.25) is 5.02 Å². The van der Waals surface area contributed by atoms with E-state index in [0.717, 1.165) is 4.31 Å². The van der Waals surface area contributed by atoms with Crippen LogP contribution < -0.4 is 5.32 Å². The summed E-state index contributed by atoms with van der Waals surface area (Å²) < 4.78 is 27.4. The maximum Gasteiger partial charge on any atom is 0.344 e. The highest BCUT2D eigenvalue weighted by atomic mass is 35.5. The first kappa shape index (κ1) is 14.5. The van der Waals surface area contributed by atoms with Gasteiger partial charge in [0.2, 0.25) is 0 Å². The number of amides is 1. The number of carbonyl (C=O) groups is 1. The van der Waals surface area contributed by atoms with E-state index >= 15 is 0 Å². The Morgan fingerprint density at radius 3 is 2.65 bits per heavy atom. The Hall–Kier alpha value is -1.86. The van der Waals surface area contributed by atoms with Crippen LogP contribution in [0.15, 0.2) is 40.4 Å². The van der Waals surface area contributed by atoms with Crippen LogP contribution in [-0.4, -0.2) is 31.4 Å². The van der Waals surface area contributed by atoms with Gasteiger partial charge in [0.25, 0.3) is 5.91 Å². The van der Waals surface area contributed by atoms with E-state index in [0.29, 0.717) is 10.7 Å². The molecule has 0 spiro atoms. The van der Waals surface area contributed by atoms with Gasteiger partial charge in [0.15, 0.2) is 0 Å². The zero-order valence-corrected chi connectivity index (χ0v) is 12.4. The van der Waals surface area contributed by atoms with Crippen LogP contribution in [0.25, 0.3) is 0 Å². The van der Waals surface area contributed by atoms with E-state index in [1.54, 1.807) is 24.3 Å². The van der Waals surface area contributed by atoms with Gasteiger partial charge in [-0.3, -0.25) is 9.10 Å². The summed E-state index contributed by atoms with van der Waals surface area (Å²) >= 11 is 5.95. The van der Waals surface area contributed by atoms with Gasteiger partial charge < -0.3 is 5.32 Å². The van der Waals surface area contributed by atoms with Crippen LogP contribution in [0.4, 0.5) is 5.69 Å². The first-order valence-electron chi connectivity index (χ1n) is 5.64. The fraction of sp³-hybridized carbons (Fsp3) is 0.167. The average Bonchev–Trinajstić information content (AvgIpc) is 2.36. The molecule has 6 nitrogen and oxygen atoms in total. The summed E-state index contributed by atoms with van der Waals surface area (Å²) in [6, 6.07) is 6.76. The minimum Gasteiger partial charge on any atom is -0.321 e. The Labute approximate surface area is 121 Å². The van der Waals surface area contributed by atoms with Crippen LogP contribution in [0.5, 0.6) is 0 Å². The molecule has 1 amide bonds. The lowest BCUT2D eigenvalue weighted by Crippen LogP contribution is -2.30. The van der Waals surface area contributed by atoms with Gasteiger partial charge in [-0.15, -0.1) is 4.40 Å². The number of hydrogen-bond donors (Lipinski definition) is 1. The summed E-state index contributed by atoms with van der Waals surface area (Å²) in [5.74, 6) is -0.471. The molecular formula is C12H12ClN3O3S. The lowest BCUT2D eigenvalue weighted by Gasteiger charge is -2.19. The fourth-order valence-corrected chi connectivity index (χ4v) is 2.60. The highest BCUT2D eigenvalue weighted by Gasteiger charge is 2.25. The van der Waals surface area contributed by atoms with Crippen molar-refractivity contribution in [1.82, 2.24) is 4.31 Å². The molecule has 1 aromatic rings. The molecule has 1 heterocycles. The first-order valence-corrected chi connectivity index (χ1v) is 7.41. The molecule has 1 aromatic carbocycles. The topological polar surface area (TPSA) is 78.8 Å². The molecule has 8 heteroatoms. The lowest BCUT2D eigenvalue weighted by atomic mass is 10.1. The maximum atomic E-state index is 12.1. The zero-order chi connectivity index (χ0) is 14.9. The van der Waals surface area contributed by atoms with Crippen molar-refractivity contribution in [2.24, 2.45) is 4.40 Å². The molecule has 0 fully saturated rings. The number of hydrogen-bond acceptors (Lipinski definition) is 3. The third-order valence-electron chi connectivity index (χ3n) is 2.68. The summed E-state index contributed by atoms with van der Waals surface area (Å²) in [7, 11) is -2.41. The van der Waals surface area contributed by atoms with Crippen LogP contribution in [0, 0.1) is 0 Å². The Kier molecular flexibility index (Phi) is 3.82. The second kappa shape index (κ2) is 5.26. The Morgan fingerprint density at radius 1 is 1.35 bits per heavy atom. The van der Waals surface area contributed by atoms with E-state index in [1.165, 1.54) is 20.2 Å². The van der Waals surface area contributed by atoms with E-state index in [-0.39, 0.29) is 11.3 Å². The third kappa shape index (κ3) is 2.83. The van der Waals surface area contributed by atoms with Crippen molar-refractivity contribution < 1.29 is 13.2 Å². The van der Waals surface area contributed by atoms with Crippen molar-refractivity contribution in [2.45, 2.75) is 6.92 Å². The van der Waals surface area contributed by atoms with Gasteiger partial charge in [-0.05, 0) is 19.1 Å². The smallest absolute Gasteiger partial charge is 0.321 e. The van der Waals surface area contributed by atoms with E-state index < -0.39 is 16.1 Å². The van der Waals surface area contributed by atoms with Crippen molar-refractivity contribution in [3.05, 3.63) is 41.1 Å². The van der Waals surface area contributed by atoms with Gasteiger partial charge in [0.1, 0.15) is 0 Å². The van der Waals surface area contributed by atoms with Crippen LogP contribution in [0.3, 0.4) is 0 Å². The van der Waals surface area contributed by atoms with Gasteiger partial charge in [-0.25, -0.2) is 0 Å². The predicted molar refractivity (Wildman–Crippen MR) is 78.0 cm³/mol. The monoisotopic (exact) mass is 313 g/mol. The molecule has 0 atom stereocenters. The SMILES string of the molecule is CC1=NS(=O)(=O)N(C)C=C1C(=O)Nc1ccccc1Cl. The maximum absolute atomic E-state index is 12.1. The van der Waals surface area contributed by atoms with E-state index in [4.69, 9.17) is 11.6 Å². The quantitative estimate of drug-likeness (QED) is 0.904.